The minimum atomic E-state index is -0.353. The van der Waals surface area contributed by atoms with Gasteiger partial charge in [-0.05, 0) is 24.3 Å². The first-order chi connectivity index (χ1) is 14.1. The molecule has 0 fully saturated rings. The van der Waals surface area contributed by atoms with Gasteiger partial charge in [-0.25, -0.2) is 14.2 Å². The molecule has 0 saturated heterocycles. The van der Waals surface area contributed by atoms with Crippen LogP contribution in [-0.2, 0) is 0 Å². The third-order valence-electron chi connectivity index (χ3n) is 4.49. The molecular weight excluding hydrogens is 374 g/mol. The van der Waals surface area contributed by atoms with Crippen LogP contribution in [0.1, 0.15) is 0 Å². The smallest absolute Gasteiger partial charge is 0.355 e. The molecule has 0 unspecified atom stereocenters. The Morgan fingerprint density at radius 3 is 2.21 bits per heavy atom. The standard InChI is InChI=1S/C20H19N5O4/c1-27-15-9-12(10-16(28-2)17(15)29-3)14-11-24-19(18(21)22-14)23-25(20(24)26)13-7-5-4-6-8-13/h4-11H,1-3H3,(H2,21,22). The van der Waals surface area contributed by atoms with Crippen molar-refractivity contribution in [2.75, 3.05) is 27.1 Å². The summed E-state index contributed by atoms with van der Waals surface area (Å²) in [6.07, 6.45) is 1.58. The largest absolute Gasteiger partial charge is 0.493 e. The molecule has 0 bridgehead atoms. The fraction of sp³-hybridized carbons (Fsp3) is 0.150. The Labute approximate surface area is 165 Å². The van der Waals surface area contributed by atoms with Crippen LogP contribution in [0.15, 0.2) is 53.5 Å². The van der Waals surface area contributed by atoms with Gasteiger partial charge in [0.2, 0.25) is 11.4 Å². The zero-order valence-electron chi connectivity index (χ0n) is 16.1. The van der Waals surface area contributed by atoms with Gasteiger partial charge in [0.15, 0.2) is 17.3 Å². The van der Waals surface area contributed by atoms with Crippen LogP contribution in [0.3, 0.4) is 0 Å². The summed E-state index contributed by atoms with van der Waals surface area (Å²) in [5.41, 5.74) is 7.78. The zero-order valence-corrected chi connectivity index (χ0v) is 16.1. The molecule has 9 nitrogen and oxygen atoms in total. The second-order valence-corrected chi connectivity index (χ2v) is 6.15. The number of benzene rings is 2. The topological polar surface area (TPSA) is 106 Å². The van der Waals surface area contributed by atoms with Crippen LogP contribution in [0, 0.1) is 0 Å². The highest BCUT2D eigenvalue weighted by molar-refractivity contribution is 5.72. The lowest BCUT2D eigenvalue weighted by atomic mass is 10.1. The maximum atomic E-state index is 12.9. The number of para-hydroxylation sites is 1. The summed E-state index contributed by atoms with van der Waals surface area (Å²) in [6, 6.07) is 12.6. The van der Waals surface area contributed by atoms with E-state index in [9.17, 15) is 4.79 Å². The highest BCUT2D eigenvalue weighted by atomic mass is 16.5. The molecule has 0 amide bonds. The van der Waals surface area contributed by atoms with E-state index in [1.165, 1.54) is 30.4 Å². The number of nitrogens with zero attached hydrogens (tertiary/aromatic N) is 4. The average molecular weight is 393 g/mol. The molecule has 0 aliphatic carbocycles. The fourth-order valence-electron chi connectivity index (χ4n) is 3.11. The molecule has 0 aliphatic rings. The maximum Gasteiger partial charge on any atom is 0.355 e. The van der Waals surface area contributed by atoms with Crippen LogP contribution in [0.4, 0.5) is 5.82 Å². The predicted octanol–water partition coefficient (Wildman–Crippen LogP) is 2.16. The summed E-state index contributed by atoms with van der Waals surface area (Å²) in [4.78, 5) is 17.3. The van der Waals surface area contributed by atoms with Gasteiger partial charge in [0.1, 0.15) is 0 Å². The van der Waals surface area contributed by atoms with Crippen molar-refractivity contribution in [2.45, 2.75) is 0 Å². The number of nitrogens with two attached hydrogens (primary N) is 1. The molecule has 2 aromatic heterocycles. The zero-order chi connectivity index (χ0) is 20.5. The highest BCUT2D eigenvalue weighted by Gasteiger charge is 2.18. The van der Waals surface area contributed by atoms with Gasteiger partial charge in [0.05, 0.1) is 32.7 Å². The molecule has 0 aliphatic heterocycles. The van der Waals surface area contributed by atoms with Crippen molar-refractivity contribution in [3.05, 3.63) is 59.1 Å². The molecule has 2 heterocycles. The predicted molar refractivity (Wildman–Crippen MR) is 108 cm³/mol. The number of methoxy groups -OCH3 is 3. The summed E-state index contributed by atoms with van der Waals surface area (Å²) >= 11 is 0. The van der Waals surface area contributed by atoms with Crippen molar-refractivity contribution >= 4 is 11.5 Å². The molecule has 2 N–H and O–H groups in total. The fourth-order valence-corrected chi connectivity index (χ4v) is 3.11. The molecule has 9 heteroatoms. The molecule has 148 valence electrons. The van der Waals surface area contributed by atoms with E-state index in [0.29, 0.717) is 34.2 Å². The van der Waals surface area contributed by atoms with E-state index in [2.05, 4.69) is 10.1 Å². The van der Waals surface area contributed by atoms with Crippen molar-refractivity contribution in [1.82, 2.24) is 19.2 Å². The second kappa shape index (κ2) is 7.19. The van der Waals surface area contributed by atoms with Crippen molar-refractivity contribution in [3.8, 4) is 34.2 Å². The normalized spacial score (nSPS) is 10.9. The SMILES string of the molecule is COc1cc(-c2cn3c(=O)n(-c4ccccc4)nc3c(N)n2)cc(OC)c1OC. The quantitative estimate of drug-likeness (QED) is 0.554. The van der Waals surface area contributed by atoms with E-state index in [1.54, 1.807) is 30.5 Å². The number of fused-ring (bicyclic) bond motifs is 1. The van der Waals surface area contributed by atoms with Gasteiger partial charge >= 0.3 is 5.69 Å². The van der Waals surface area contributed by atoms with Gasteiger partial charge in [0, 0.05) is 11.8 Å². The molecule has 0 radical (unpaired) electrons. The molecule has 0 spiro atoms. The molecule has 4 rings (SSSR count). The van der Waals surface area contributed by atoms with E-state index in [-0.39, 0.29) is 17.2 Å². The number of hydrogen-bond donors (Lipinski definition) is 1. The van der Waals surface area contributed by atoms with Gasteiger partial charge in [-0.2, -0.15) is 4.68 Å². The monoisotopic (exact) mass is 393 g/mol. The van der Waals surface area contributed by atoms with Crippen LogP contribution in [0.2, 0.25) is 0 Å². The first-order valence-electron chi connectivity index (χ1n) is 8.71. The van der Waals surface area contributed by atoms with Crippen molar-refractivity contribution < 1.29 is 14.2 Å². The first kappa shape index (κ1) is 18.4. The Bertz CT molecular complexity index is 1220. The minimum absolute atomic E-state index is 0.128. The molecular formula is C20H19N5O4. The summed E-state index contributed by atoms with van der Waals surface area (Å²) in [7, 11) is 4.58. The van der Waals surface area contributed by atoms with Crippen molar-refractivity contribution in [1.29, 1.82) is 0 Å². The Hall–Kier alpha value is -4.01. The average Bonchev–Trinajstić information content (AvgIpc) is 3.10. The molecule has 0 saturated carbocycles. The lowest BCUT2D eigenvalue weighted by Gasteiger charge is -2.14. The van der Waals surface area contributed by atoms with Crippen molar-refractivity contribution in [2.24, 2.45) is 0 Å². The van der Waals surface area contributed by atoms with Crippen LogP contribution < -0.4 is 25.6 Å². The van der Waals surface area contributed by atoms with Gasteiger partial charge in [0.25, 0.3) is 0 Å². The first-order valence-corrected chi connectivity index (χ1v) is 8.71. The van der Waals surface area contributed by atoms with Gasteiger partial charge in [-0.1, -0.05) is 18.2 Å². The van der Waals surface area contributed by atoms with Crippen LogP contribution >= 0.6 is 0 Å². The molecule has 2 aromatic carbocycles. The van der Waals surface area contributed by atoms with Crippen LogP contribution in [0.25, 0.3) is 22.6 Å². The van der Waals surface area contributed by atoms with E-state index in [0.717, 1.165) is 0 Å². The third kappa shape index (κ3) is 3.02. The lowest BCUT2D eigenvalue weighted by Crippen LogP contribution is -2.19. The van der Waals surface area contributed by atoms with E-state index < -0.39 is 0 Å². The van der Waals surface area contributed by atoms with Crippen LogP contribution in [-0.4, -0.2) is 40.5 Å². The molecule has 4 aromatic rings. The number of anilines is 1. The van der Waals surface area contributed by atoms with Crippen LogP contribution in [0.5, 0.6) is 17.2 Å². The number of rotatable bonds is 5. The Kier molecular flexibility index (Phi) is 4.55. The Balaban J connectivity index is 1.93. The summed E-state index contributed by atoms with van der Waals surface area (Å²) in [5, 5.41) is 4.32. The van der Waals surface area contributed by atoms with Gasteiger partial charge < -0.3 is 19.9 Å². The minimum Gasteiger partial charge on any atom is -0.493 e. The van der Waals surface area contributed by atoms with Gasteiger partial charge in [-0.15, -0.1) is 5.10 Å². The van der Waals surface area contributed by atoms with E-state index in [1.807, 2.05) is 18.2 Å². The molecule has 0 atom stereocenters. The number of hydrogen-bond acceptors (Lipinski definition) is 7. The summed E-state index contributed by atoms with van der Waals surface area (Å²) in [6.45, 7) is 0. The third-order valence-corrected chi connectivity index (χ3v) is 4.49. The Morgan fingerprint density at radius 2 is 1.62 bits per heavy atom. The highest BCUT2D eigenvalue weighted by Crippen LogP contribution is 2.40. The van der Waals surface area contributed by atoms with E-state index in [4.69, 9.17) is 19.9 Å². The maximum absolute atomic E-state index is 12.9. The number of ether oxygens (including phenoxy) is 3. The van der Waals surface area contributed by atoms with Gasteiger partial charge in [-0.3, -0.25) is 0 Å². The Morgan fingerprint density at radius 1 is 0.966 bits per heavy atom. The number of nitrogen functional groups attached to an aromatic ring is 1. The van der Waals surface area contributed by atoms with E-state index >= 15 is 0 Å². The lowest BCUT2D eigenvalue weighted by molar-refractivity contribution is 0.324. The second-order valence-electron chi connectivity index (χ2n) is 6.15. The summed E-state index contributed by atoms with van der Waals surface area (Å²) < 4.78 is 18.8. The molecule has 29 heavy (non-hydrogen) atoms. The van der Waals surface area contributed by atoms with Crippen molar-refractivity contribution in [3.63, 3.8) is 0 Å². The number of aromatic nitrogens is 4. The summed E-state index contributed by atoms with van der Waals surface area (Å²) in [5.74, 6) is 1.52.